The highest BCUT2D eigenvalue weighted by Gasteiger charge is 2.10. The van der Waals surface area contributed by atoms with E-state index in [1.54, 1.807) is 6.20 Å². The zero-order chi connectivity index (χ0) is 20.1. The Morgan fingerprint density at radius 2 is 2.10 bits per heavy atom. The summed E-state index contributed by atoms with van der Waals surface area (Å²) in [4.78, 5) is 29.5. The van der Waals surface area contributed by atoms with E-state index in [0.717, 1.165) is 15.3 Å². The molecule has 4 N–H and O–H groups in total. The summed E-state index contributed by atoms with van der Waals surface area (Å²) in [5.41, 5.74) is 12.1. The molecule has 0 fully saturated rings. The third kappa shape index (κ3) is 5.59. The van der Waals surface area contributed by atoms with Crippen LogP contribution in [0.15, 0.2) is 53.5 Å². The number of pyridine rings is 1. The Hall–Kier alpha value is -2.82. The third-order valence-electron chi connectivity index (χ3n) is 4.01. The average molecular weight is 439 g/mol. The number of hydrogen-bond donors (Lipinski definition) is 2. The van der Waals surface area contributed by atoms with Crippen LogP contribution in [0.25, 0.3) is 10.4 Å². The maximum Gasteiger partial charge on any atom is 0.346 e. The van der Waals surface area contributed by atoms with Crippen LogP contribution in [-0.4, -0.2) is 31.8 Å². The molecule has 8 nitrogen and oxygen atoms in total. The minimum Gasteiger partial charge on any atom is -0.369 e. The van der Waals surface area contributed by atoms with Gasteiger partial charge >= 0.3 is 5.69 Å². The Kier molecular flexibility index (Phi) is 7.82. The molecule has 3 aromatic rings. The molecule has 0 spiro atoms. The summed E-state index contributed by atoms with van der Waals surface area (Å²) in [5.74, 6) is -0.437. The molecule has 3 rings (SSSR count). The molecule has 0 aliphatic heterocycles. The van der Waals surface area contributed by atoms with Crippen molar-refractivity contribution in [2.75, 3.05) is 6.54 Å². The monoisotopic (exact) mass is 438 g/mol. The molecule has 0 saturated heterocycles. The van der Waals surface area contributed by atoms with E-state index in [1.165, 1.54) is 26.9 Å². The van der Waals surface area contributed by atoms with E-state index in [1.807, 2.05) is 24.3 Å². The fourth-order valence-corrected chi connectivity index (χ4v) is 3.62. The molecule has 3 aromatic heterocycles. The van der Waals surface area contributed by atoms with Crippen molar-refractivity contribution < 1.29 is 9.18 Å². The molecule has 0 aliphatic carbocycles. The summed E-state index contributed by atoms with van der Waals surface area (Å²) in [5, 5.41) is 4.01. The molecule has 154 valence electrons. The number of halogens is 2. The summed E-state index contributed by atoms with van der Waals surface area (Å²) in [7, 11) is 0. The van der Waals surface area contributed by atoms with Crippen LogP contribution in [-0.2, 0) is 24.3 Å². The van der Waals surface area contributed by atoms with Crippen LogP contribution in [0.4, 0.5) is 4.39 Å². The van der Waals surface area contributed by atoms with Gasteiger partial charge in [-0.15, -0.1) is 23.7 Å². The van der Waals surface area contributed by atoms with Gasteiger partial charge in [-0.25, -0.2) is 13.9 Å². The van der Waals surface area contributed by atoms with Gasteiger partial charge in [0.15, 0.2) is 0 Å². The Morgan fingerprint density at radius 3 is 2.79 bits per heavy atom. The average Bonchev–Trinajstić information content (AvgIpc) is 3.28. The molecule has 0 radical (unpaired) electrons. The molecular weight excluding hydrogens is 419 g/mol. The van der Waals surface area contributed by atoms with Crippen molar-refractivity contribution in [3.63, 3.8) is 0 Å². The first-order valence-electron chi connectivity index (χ1n) is 8.43. The zero-order valence-electron chi connectivity index (χ0n) is 15.3. The molecule has 11 heteroatoms. The molecule has 0 aliphatic rings. The number of carbonyl (C=O) groups is 1. The van der Waals surface area contributed by atoms with Gasteiger partial charge in [0, 0.05) is 22.5 Å². The van der Waals surface area contributed by atoms with E-state index < -0.39 is 5.91 Å². The van der Waals surface area contributed by atoms with Gasteiger partial charge in [0.05, 0.1) is 31.5 Å². The lowest BCUT2D eigenvalue weighted by Crippen LogP contribution is -2.26. The van der Waals surface area contributed by atoms with Gasteiger partial charge in [0.2, 0.25) is 5.91 Å². The summed E-state index contributed by atoms with van der Waals surface area (Å²) in [6, 6.07) is 7.53. The maximum atomic E-state index is 12.7. The van der Waals surface area contributed by atoms with Crippen molar-refractivity contribution >= 4 is 29.7 Å². The summed E-state index contributed by atoms with van der Waals surface area (Å²) in [6.45, 7) is 0.391. The van der Waals surface area contributed by atoms with Crippen LogP contribution in [0, 0.1) is 0 Å². The second kappa shape index (κ2) is 10.1. The van der Waals surface area contributed by atoms with Crippen LogP contribution >= 0.6 is 23.7 Å². The van der Waals surface area contributed by atoms with Gasteiger partial charge in [0.1, 0.15) is 6.33 Å². The number of thiophene rings is 1. The lowest BCUT2D eigenvalue weighted by molar-refractivity contribution is -0.117. The molecule has 0 bridgehead atoms. The van der Waals surface area contributed by atoms with Crippen LogP contribution in [0.3, 0.4) is 0 Å². The predicted octanol–water partition coefficient (Wildman–Crippen LogP) is 1.48. The Bertz CT molecular complexity index is 1070. The number of amides is 1. The molecule has 0 atom stereocenters. The zero-order valence-corrected chi connectivity index (χ0v) is 17.0. The van der Waals surface area contributed by atoms with Gasteiger partial charge in [-0.1, -0.05) is 0 Å². The van der Waals surface area contributed by atoms with Crippen molar-refractivity contribution in [2.24, 2.45) is 11.5 Å². The van der Waals surface area contributed by atoms with Crippen LogP contribution in [0.1, 0.15) is 10.6 Å². The normalized spacial score (nSPS) is 11.3. The summed E-state index contributed by atoms with van der Waals surface area (Å²) < 4.78 is 15.3. The Morgan fingerprint density at radius 1 is 1.31 bits per heavy atom. The first-order valence-corrected chi connectivity index (χ1v) is 9.24. The quantitative estimate of drug-likeness (QED) is 0.551. The summed E-state index contributed by atoms with van der Waals surface area (Å²) >= 11 is 1.52. The fourth-order valence-electron chi connectivity index (χ4n) is 2.62. The Labute approximate surface area is 176 Å². The second-order valence-electron chi connectivity index (χ2n) is 6.12. The highest BCUT2D eigenvalue weighted by atomic mass is 35.5. The molecule has 0 aromatic carbocycles. The van der Waals surface area contributed by atoms with Crippen molar-refractivity contribution in [2.45, 2.75) is 19.5 Å². The number of hydrogen-bond acceptors (Lipinski definition) is 6. The number of carbonyl (C=O) groups excluding carboxylic acids is 1. The van der Waals surface area contributed by atoms with Gasteiger partial charge in [0.25, 0.3) is 0 Å². The first kappa shape index (κ1) is 22.5. The lowest BCUT2D eigenvalue weighted by atomic mass is 10.1. The number of aromatic nitrogens is 4. The fraction of sp³-hybridized carbons (Fsp3) is 0.222. The standard InChI is InChI=1S/C18H19FN6O2S.ClH/c19-7-12(8-20)9-25-18(27)24(11-23-25)10-15-1-2-16(28-15)13-3-4-22-14(5-13)6-17(21)26;/h1-5,7,11H,6,8-10,20H2,(H2,21,26);1H/b12-7-;. The highest BCUT2D eigenvalue weighted by Crippen LogP contribution is 2.28. The van der Waals surface area contributed by atoms with Crippen molar-refractivity contribution in [1.82, 2.24) is 19.3 Å². The number of rotatable bonds is 8. The van der Waals surface area contributed by atoms with E-state index in [2.05, 4.69) is 10.1 Å². The first-order chi connectivity index (χ1) is 13.5. The van der Waals surface area contributed by atoms with E-state index in [0.29, 0.717) is 18.6 Å². The molecule has 3 heterocycles. The molecule has 29 heavy (non-hydrogen) atoms. The smallest absolute Gasteiger partial charge is 0.346 e. The minimum atomic E-state index is -0.437. The number of primary amides is 1. The number of nitrogens with zero attached hydrogens (tertiary/aromatic N) is 4. The predicted molar refractivity (Wildman–Crippen MR) is 112 cm³/mol. The van der Waals surface area contributed by atoms with Crippen molar-refractivity contribution in [3.05, 3.63) is 69.7 Å². The largest absolute Gasteiger partial charge is 0.369 e. The van der Waals surface area contributed by atoms with E-state index in [-0.39, 0.29) is 43.2 Å². The van der Waals surface area contributed by atoms with Crippen molar-refractivity contribution in [3.8, 4) is 10.4 Å². The second-order valence-corrected chi connectivity index (χ2v) is 7.28. The topological polar surface area (TPSA) is 122 Å². The van der Waals surface area contributed by atoms with Crippen molar-refractivity contribution in [1.29, 1.82) is 0 Å². The highest BCUT2D eigenvalue weighted by molar-refractivity contribution is 7.15. The molecule has 0 unspecified atom stereocenters. The summed E-state index contributed by atoms with van der Waals surface area (Å²) in [6.07, 6.45) is 3.54. The number of nitrogens with two attached hydrogens (primary N) is 2. The Balaban J connectivity index is 0.00000300. The van der Waals surface area contributed by atoms with E-state index >= 15 is 0 Å². The van der Waals surface area contributed by atoms with Crippen LogP contribution in [0.5, 0.6) is 0 Å². The van der Waals surface area contributed by atoms with E-state index in [9.17, 15) is 14.0 Å². The third-order valence-corrected chi connectivity index (χ3v) is 5.13. The maximum absolute atomic E-state index is 12.7. The minimum absolute atomic E-state index is 0. The molecule has 0 saturated carbocycles. The van der Waals surface area contributed by atoms with Gasteiger partial charge < -0.3 is 11.5 Å². The van der Waals surface area contributed by atoms with Gasteiger partial charge in [-0.2, -0.15) is 5.10 Å². The van der Waals surface area contributed by atoms with Gasteiger partial charge in [-0.05, 0) is 35.4 Å². The van der Waals surface area contributed by atoms with Crippen LogP contribution in [0.2, 0.25) is 0 Å². The molecule has 1 amide bonds. The van der Waals surface area contributed by atoms with Crippen LogP contribution < -0.4 is 17.2 Å². The van der Waals surface area contributed by atoms with Gasteiger partial charge in [-0.3, -0.25) is 14.3 Å². The molecular formula is C18H20ClFN6O2S. The SMILES string of the molecule is Cl.NC/C(=C/F)Cn1ncn(Cc2ccc(-c3ccnc(CC(N)=O)c3)s2)c1=O. The van der Waals surface area contributed by atoms with E-state index in [4.69, 9.17) is 11.5 Å². The lowest BCUT2D eigenvalue weighted by Gasteiger charge is -2.02.